The smallest absolute Gasteiger partial charge is 0.0518 e. The molecule has 1 atom stereocenters. The van der Waals surface area contributed by atoms with Gasteiger partial charge in [0.05, 0.1) is 5.69 Å². The molecule has 1 aliphatic rings. The van der Waals surface area contributed by atoms with Gasteiger partial charge in [-0.15, -0.1) is 0 Å². The Balaban J connectivity index is 1.83. The molecule has 2 heterocycles. The predicted molar refractivity (Wildman–Crippen MR) is 78.2 cm³/mol. The fourth-order valence-electron chi connectivity index (χ4n) is 2.54. The van der Waals surface area contributed by atoms with Crippen LogP contribution in [0, 0.1) is 0 Å². The minimum absolute atomic E-state index is 0.190. The van der Waals surface area contributed by atoms with Crippen molar-refractivity contribution >= 4 is 0 Å². The average molecular weight is 265 g/mol. The van der Waals surface area contributed by atoms with Gasteiger partial charge in [0.2, 0.25) is 0 Å². The van der Waals surface area contributed by atoms with Crippen LogP contribution in [0.25, 0.3) is 0 Å². The van der Waals surface area contributed by atoms with Gasteiger partial charge in [-0.2, -0.15) is 5.10 Å². The molecule has 0 spiro atoms. The Morgan fingerprint density at radius 1 is 1.37 bits per heavy atom. The molecule has 1 saturated heterocycles. The van der Waals surface area contributed by atoms with Gasteiger partial charge in [0, 0.05) is 50.5 Å². The summed E-state index contributed by atoms with van der Waals surface area (Å²) in [5.41, 5.74) is 1.34. The van der Waals surface area contributed by atoms with Gasteiger partial charge in [0.1, 0.15) is 0 Å². The van der Waals surface area contributed by atoms with Crippen LogP contribution in [0.5, 0.6) is 0 Å². The number of aromatic nitrogens is 2. The molecule has 5 nitrogen and oxygen atoms in total. The van der Waals surface area contributed by atoms with Crippen molar-refractivity contribution in [2.24, 2.45) is 0 Å². The van der Waals surface area contributed by atoms with Gasteiger partial charge in [-0.05, 0) is 33.9 Å². The second-order valence-electron chi connectivity index (χ2n) is 6.22. The molecule has 5 heteroatoms. The maximum absolute atomic E-state index is 4.00. The molecular formula is C14H27N5. The number of piperazine rings is 1. The van der Waals surface area contributed by atoms with Crippen LogP contribution in [0.4, 0.5) is 0 Å². The summed E-state index contributed by atoms with van der Waals surface area (Å²) in [4.78, 5) is 4.98. The lowest BCUT2D eigenvalue weighted by Gasteiger charge is -2.43. The highest BCUT2D eigenvalue weighted by atomic mass is 15.3. The zero-order valence-electron chi connectivity index (χ0n) is 12.6. The van der Waals surface area contributed by atoms with E-state index in [9.17, 15) is 0 Å². The summed E-state index contributed by atoms with van der Waals surface area (Å²) in [6.45, 7) is 12.5. The van der Waals surface area contributed by atoms with Crippen molar-refractivity contribution in [2.45, 2.75) is 32.4 Å². The van der Waals surface area contributed by atoms with Gasteiger partial charge in [-0.1, -0.05) is 0 Å². The minimum Gasteiger partial charge on any atom is -0.307 e. The Bertz CT molecular complexity index is 365. The van der Waals surface area contributed by atoms with E-state index in [0.717, 1.165) is 25.3 Å². The van der Waals surface area contributed by atoms with Crippen molar-refractivity contribution in [1.82, 2.24) is 25.3 Å². The third-order valence-electron chi connectivity index (χ3n) is 4.19. The molecule has 1 aliphatic heterocycles. The van der Waals surface area contributed by atoms with E-state index in [2.05, 4.69) is 53.1 Å². The van der Waals surface area contributed by atoms with E-state index in [-0.39, 0.29) is 5.54 Å². The Kier molecular flexibility index (Phi) is 4.60. The first-order chi connectivity index (χ1) is 8.99. The molecule has 19 heavy (non-hydrogen) atoms. The van der Waals surface area contributed by atoms with Crippen LogP contribution < -0.4 is 5.32 Å². The van der Waals surface area contributed by atoms with E-state index in [0.29, 0.717) is 6.04 Å². The standard InChI is InChI=1S/C14H27N5/c1-12(13-5-6-16-17-13)15-11-14(2,3)19-9-7-18(4)8-10-19/h5-6,12,15H,7-11H2,1-4H3,(H,16,17). The normalized spacial score (nSPS) is 20.6. The topological polar surface area (TPSA) is 47.2 Å². The number of nitrogens with zero attached hydrogens (tertiary/aromatic N) is 3. The second-order valence-corrected chi connectivity index (χ2v) is 6.22. The highest BCUT2D eigenvalue weighted by Crippen LogP contribution is 2.17. The first-order valence-corrected chi connectivity index (χ1v) is 7.15. The summed E-state index contributed by atoms with van der Waals surface area (Å²) in [5, 5.41) is 10.6. The zero-order valence-corrected chi connectivity index (χ0v) is 12.6. The minimum atomic E-state index is 0.190. The SMILES string of the molecule is CC(NCC(C)(C)N1CCN(C)CC1)c1ccn[nH]1. The summed E-state index contributed by atoms with van der Waals surface area (Å²) in [6, 6.07) is 2.34. The number of likely N-dealkylation sites (N-methyl/N-ethyl adjacent to an activating group) is 1. The average Bonchev–Trinajstić information content (AvgIpc) is 2.90. The van der Waals surface area contributed by atoms with Gasteiger partial charge < -0.3 is 10.2 Å². The molecule has 1 aromatic rings. The number of aromatic amines is 1. The Morgan fingerprint density at radius 3 is 2.63 bits per heavy atom. The van der Waals surface area contributed by atoms with Crippen LogP contribution in [0.2, 0.25) is 0 Å². The molecule has 1 fully saturated rings. The summed E-state index contributed by atoms with van der Waals surface area (Å²) in [7, 11) is 2.20. The van der Waals surface area contributed by atoms with Crippen molar-refractivity contribution in [1.29, 1.82) is 0 Å². The molecule has 0 saturated carbocycles. The number of H-pyrrole nitrogens is 1. The molecule has 2 rings (SSSR count). The van der Waals surface area contributed by atoms with E-state index >= 15 is 0 Å². The molecule has 108 valence electrons. The molecule has 0 radical (unpaired) electrons. The fraction of sp³-hybridized carbons (Fsp3) is 0.786. The molecule has 1 aromatic heterocycles. The lowest BCUT2D eigenvalue weighted by molar-refractivity contribution is 0.0604. The third kappa shape index (κ3) is 3.78. The quantitative estimate of drug-likeness (QED) is 0.836. The second kappa shape index (κ2) is 6.03. The van der Waals surface area contributed by atoms with E-state index < -0.39 is 0 Å². The van der Waals surface area contributed by atoms with Crippen molar-refractivity contribution in [3.63, 3.8) is 0 Å². The monoisotopic (exact) mass is 265 g/mol. The van der Waals surface area contributed by atoms with Crippen LogP contribution in [0.15, 0.2) is 12.3 Å². The van der Waals surface area contributed by atoms with Crippen LogP contribution in [0.1, 0.15) is 32.5 Å². The van der Waals surface area contributed by atoms with Gasteiger partial charge in [0.25, 0.3) is 0 Å². The lowest BCUT2D eigenvalue weighted by Crippen LogP contribution is -2.57. The van der Waals surface area contributed by atoms with E-state index in [1.54, 1.807) is 6.20 Å². The molecule has 0 aliphatic carbocycles. The first kappa shape index (κ1) is 14.5. The number of rotatable bonds is 5. The molecule has 0 bridgehead atoms. The molecular weight excluding hydrogens is 238 g/mol. The first-order valence-electron chi connectivity index (χ1n) is 7.15. The van der Waals surface area contributed by atoms with Crippen LogP contribution in [-0.2, 0) is 0 Å². The summed E-state index contributed by atoms with van der Waals surface area (Å²) >= 11 is 0. The number of nitrogens with one attached hydrogen (secondary N) is 2. The van der Waals surface area contributed by atoms with Crippen molar-refractivity contribution < 1.29 is 0 Å². The van der Waals surface area contributed by atoms with E-state index in [4.69, 9.17) is 0 Å². The maximum atomic E-state index is 4.00. The highest BCUT2D eigenvalue weighted by Gasteiger charge is 2.29. The Hall–Kier alpha value is -0.910. The predicted octanol–water partition coefficient (Wildman–Crippen LogP) is 1.09. The van der Waals surface area contributed by atoms with Crippen molar-refractivity contribution in [3.05, 3.63) is 18.0 Å². The van der Waals surface area contributed by atoms with Gasteiger partial charge in [0.15, 0.2) is 0 Å². The summed E-state index contributed by atoms with van der Waals surface area (Å²) < 4.78 is 0. The van der Waals surface area contributed by atoms with Crippen LogP contribution >= 0.6 is 0 Å². The van der Waals surface area contributed by atoms with E-state index in [1.807, 2.05) is 6.07 Å². The van der Waals surface area contributed by atoms with Gasteiger partial charge >= 0.3 is 0 Å². The maximum Gasteiger partial charge on any atom is 0.0518 e. The number of hydrogen-bond acceptors (Lipinski definition) is 4. The van der Waals surface area contributed by atoms with Gasteiger partial charge in [-0.3, -0.25) is 10.00 Å². The lowest BCUT2D eigenvalue weighted by atomic mass is 10.0. The fourth-order valence-corrected chi connectivity index (χ4v) is 2.54. The molecule has 0 amide bonds. The summed E-state index contributed by atoms with van der Waals surface area (Å²) in [5.74, 6) is 0. The van der Waals surface area contributed by atoms with Crippen LogP contribution in [0.3, 0.4) is 0 Å². The van der Waals surface area contributed by atoms with Gasteiger partial charge in [-0.25, -0.2) is 0 Å². The molecule has 1 unspecified atom stereocenters. The Morgan fingerprint density at radius 2 is 2.05 bits per heavy atom. The molecule has 2 N–H and O–H groups in total. The van der Waals surface area contributed by atoms with Crippen molar-refractivity contribution in [3.8, 4) is 0 Å². The Labute approximate surface area is 116 Å². The number of hydrogen-bond donors (Lipinski definition) is 2. The highest BCUT2D eigenvalue weighted by molar-refractivity contribution is 5.03. The van der Waals surface area contributed by atoms with Crippen molar-refractivity contribution in [2.75, 3.05) is 39.8 Å². The van der Waals surface area contributed by atoms with E-state index in [1.165, 1.54) is 13.1 Å². The zero-order chi connectivity index (χ0) is 13.9. The largest absolute Gasteiger partial charge is 0.307 e. The third-order valence-corrected chi connectivity index (χ3v) is 4.19. The molecule has 0 aromatic carbocycles. The van der Waals surface area contributed by atoms with Crippen LogP contribution in [-0.4, -0.2) is 65.3 Å². The summed E-state index contributed by atoms with van der Waals surface area (Å²) in [6.07, 6.45) is 1.80.